The van der Waals surface area contributed by atoms with Crippen molar-refractivity contribution in [2.24, 2.45) is 0 Å². The van der Waals surface area contributed by atoms with E-state index in [0.717, 1.165) is 6.42 Å². The Balaban J connectivity index is 3.12. The van der Waals surface area contributed by atoms with Gasteiger partial charge in [-0.05, 0) is 19.9 Å². The minimum Gasteiger partial charge on any atom is -0.317 e. The summed E-state index contributed by atoms with van der Waals surface area (Å²) in [6.45, 7) is 6.09. The van der Waals surface area contributed by atoms with Crippen LogP contribution in [0.25, 0.3) is 0 Å². The van der Waals surface area contributed by atoms with Gasteiger partial charge < -0.3 is 5.32 Å². The van der Waals surface area contributed by atoms with E-state index in [1.807, 2.05) is 6.08 Å². The number of unbranched alkanes of at least 4 members (excludes halogenated alkanes) is 9. The van der Waals surface area contributed by atoms with Crippen LogP contribution in [-0.2, 0) is 0 Å². The lowest BCUT2D eigenvalue weighted by Crippen LogP contribution is -2.24. The van der Waals surface area contributed by atoms with E-state index in [9.17, 15) is 0 Å². The summed E-state index contributed by atoms with van der Waals surface area (Å²) in [6.07, 6.45) is 18.7. The molecular formula is C17H35N. The second-order valence-electron chi connectivity index (χ2n) is 5.48. The van der Waals surface area contributed by atoms with Crippen LogP contribution in [0.1, 0.15) is 84.0 Å². The molecule has 0 aromatic carbocycles. The maximum Gasteiger partial charge on any atom is 0.00984 e. The van der Waals surface area contributed by atoms with Gasteiger partial charge >= 0.3 is 0 Å². The Labute approximate surface area is 115 Å². The van der Waals surface area contributed by atoms with Crippen molar-refractivity contribution in [3.63, 3.8) is 0 Å². The van der Waals surface area contributed by atoms with Crippen LogP contribution in [0.3, 0.4) is 0 Å². The largest absolute Gasteiger partial charge is 0.317 e. The molecule has 0 aliphatic rings. The lowest BCUT2D eigenvalue weighted by molar-refractivity contribution is 0.482. The van der Waals surface area contributed by atoms with Crippen molar-refractivity contribution >= 4 is 0 Å². The van der Waals surface area contributed by atoms with Crippen LogP contribution in [0.2, 0.25) is 0 Å². The fraction of sp³-hybridized carbons (Fsp3) is 0.882. The molecule has 0 aliphatic carbocycles. The van der Waals surface area contributed by atoms with Crippen molar-refractivity contribution < 1.29 is 0 Å². The fourth-order valence-electron chi connectivity index (χ4n) is 2.46. The third kappa shape index (κ3) is 12.2. The van der Waals surface area contributed by atoms with E-state index in [1.54, 1.807) is 0 Å². The number of rotatable bonds is 14. The maximum atomic E-state index is 3.81. The molecule has 0 spiro atoms. The third-order valence-corrected chi connectivity index (χ3v) is 3.77. The Bertz CT molecular complexity index is 165. The molecule has 0 aliphatic heterocycles. The lowest BCUT2D eigenvalue weighted by atomic mass is 10.0. The number of hydrogen-bond acceptors (Lipinski definition) is 1. The van der Waals surface area contributed by atoms with Crippen LogP contribution in [0.4, 0.5) is 0 Å². The first-order valence-electron chi connectivity index (χ1n) is 8.13. The highest BCUT2D eigenvalue weighted by molar-refractivity contribution is 4.76. The van der Waals surface area contributed by atoms with Gasteiger partial charge in [0.15, 0.2) is 0 Å². The molecule has 0 bridgehead atoms. The summed E-state index contributed by atoms with van der Waals surface area (Å²) in [6, 6.07) is 0.650. The van der Waals surface area contributed by atoms with Crippen LogP contribution in [0.5, 0.6) is 0 Å². The molecule has 1 unspecified atom stereocenters. The molecule has 108 valence electrons. The SMILES string of the molecule is C=CCC(CCCCCCCCCCCC)NC. The minimum absolute atomic E-state index is 0.650. The molecular weight excluding hydrogens is 218 g/mol. The second-order valence-corrected chi connectivity index (χ2v) is 5.48. The first kappa shape index (κ1) is 17.7. The average Bonchev–Trinajstić information content (AvgIpc) is 2.39. The molecule has 0 saturated carbocycles. The van der Waals surface area contributed by atoms with E-state index in [1.165, 1.54) is 70.6 Å². The molecule has 1 heteroatoms. The summed E-state index contributed by atoms with van der Waals surface area (Å²) in [5.74, 6) is 0. The second kappa shape index (κ2) is 14.8. The van der Waals surface area contributed by atoms with Gasteiger partial charge in [-0.25, -0.2) is 0 Å². The summed E-state index contributed by atoms with van der Waals surface area (Å²) in [5.41, 5.74) is 0. The molecule has 0 amide bonds. The van der Waals surface area contributed by atoms with Gasteiger partial charge in [0.2, 0.25) is 0 Å². The van der Waals surface area contributed by atoms with Gasteiger partial charge in [0, 0.05) is 6.04 Å². The van der Waals surface area contributed by atoms with Gasteiger partial charge in [-0.2, -0.15) is 0 Å². The van der Waals surface area contributed by atoms with E-state index >= 15 is 0 Å². The Morgan fingerprint density at radius 2 is 1.39 bits per heavy atom. The Kier molecular flexibility index (Phi) is 14.5. The van der Waals surface area contributed by atoms with Crippen molar-refractivity contribution in [3.8, 4) is 0 Å². The van der Waals surface area contributed by atoms with E-state index in [2.05, 4.69) is 25.9 Å². The molecule has 18 heavy (non-hydrogen) atoms. The standard InChI is InChI=1S/C17H35N/c1-4-6-7-8-9-10-11-12-13-14-16-17(18-3)15-5-2/h5,17-18H,2,4,6-16H2,1,3H3. The van der Waals surface area contributed by atoms with Crippen molar-refractivity contribution in [3.05, 3.63) is 12.7 Å². The average molecular weight is 253 g/mol. The van der Waals surface area contributed by atoms with Crippen molar-refractivity contribution in [2.75, 3.05) is 7.05 Å². The molecule has 0 fully saturated rings. The quantitative estimate of drug-likeness (QED) is 0.320. The van der Waals surface area contributed by atoms with Gasteiger partial charge in [0.25, 0.3) is 0 Å². The van der Waals surface area contributed by atoms with Gasteiger partial charge in [-0.1, -0.05) is 77.2 Å². The Morgan fingerprint density at radius 3 is 1.83 bits per heavy atom. The molecule has 1 atom stereocenters. The Morgan fingerprint density at radius 1 is 0.889 bits per heavy atom. The van der Waals surface area contributed by atoms with Crippen LogP contribution in [0, 0.1) is 0 Å². The highest BCUT2D eigenvalue weighted by atomic mass is 14.9. The van der Waals surface area contributed by atoms with E-state index in [4.69, 9.17) is 0 Å². The number of hydrogen-bond donors (Lipinski definition) is 1. The van der Waals surface area contributed by atoms with Gasteiger partial charge in [0.05, 0.1) is 0 Å². The van der Waals surface area contributed by atoms with Gasteiger partial charge in [-0.3, -0.25) is 0 Å². The van der Waals surface area contributed by atoms with Crippen LogP contribution >= 0.6 is 0 Å². The first-order valence-corrected chi connectivity index (χ1v) is 8.13. The van der Waals surface area contributed by atoms with Crippen LogP contribution in [-0.4, -0.2) is 13.1 Å². The third-order valence-electron chi connectivity index (χ3n) is 3.77. The first-order chi connectivity index (χ1) is 8.85. The maximum absolute atomic E-state index is 3.81. The zero-order valence-corrected chi connectivity index (χ0v) is 12.8. The zero-order valence-electron chi connectivity index (χ0n) is 12.8. The van der Waals surface area contributed by atoms with Crippen molar-refractivity contribution in [2.45, 2.75) is 90.0 Å². The summed E-state index contributed by atoms with van der Waals surface area (Å²) >= 11 is 0. The molecule has 0 radical (unpaired) electrons. The minimum atomic E-state index is 0.650. The topological polar surface area (TPSA) is 12.0 Å². The molecule has 0 rings (SSSR count). The molecule has 0 heterocycles. The number of nitrogens with one attached hydrogen (secondary N) is 1. The predicted molar refractivity (Wildman–Crippen MR) is 84.1 cm³/mol. The summed E-state index contributed by atoms with van der Waals surface area (Å²) in [4.78, 5) is 0. The normalized spacial score (nSPS) is 12.6. The van der Waals surface area contributed by atoms with Crippen LogP contribution < -0.4 is 5.32 Å². The molecule has 0 aromatic heterocycles. The van der Waals surface area contributed by atoms with Gasteiger partial charge in [0.1, 0.15) is 0 Å². The fourth-order valence-corrected chi connectivity index (χ4v) is 2.46. The van der Waals surface area contributed by atoms with E-state index < -0.39 is 0 Å². The smallest absolute Gasteiger partial charge is 0.00984 e. The highest BCUT2D eigenvalue weighted by Crippen LogP contribution is 2.12. The van der Waals surface area contributed by atoms with E-state index in [0.29, 0.717) is 6.04 Å². The summed E-state index contributed by atoms with van der Waals surface area (Å²) in [7, 11) is 2.06. The molecule has 0 saturated heterocycles. The molecule has 1 N–H and O–H groups in total. The van der Waals surface area contributed by atoms with Crippen LogP contribution in [0.15, 0.2) is 12.7 Å². The molecule has 1 nitrogen and oxygen atoms in total. The summed E-state index contributed by atoms with van der Waals surface area (Å²) in [5, 5.41) is 3.36. The predicted octanol–water partition coefficient (Wildman–Crippen LogP) is 5.46. The van der Waals surface area contributed by atoms with Crippen molar-refractivity contribution in [1.29, 1.82) is 0 Å². The van der Waals surface area contributed by atoms with E-state index in [-0.39, 0.29) is 0 Å². The molecule has 0 aromatic rings. The lowest BCUT2D eigenvalue weighted by Gasteiger charge is -2.13. The Hall–Kier alpha value is -0.300. The monoisotopic (exact) mass is 253 g/mol. The zero-order chi connectivity index (χ0) is 13.5. The van der Waals surface area contributed by atoms with Gasteiger partial charge in [-0.15, -0.1) is 6.58 Å². The summed E-state index contributed by atoms with van der Waals surface area (Å²) < 4.78 is 0. The van der Waals surface area contributed by atoms with Crippen molar-refractivity contribution in [1.82, 2.24) is 5.32 Å². The highest BCUT2D eigenvalue weighted by Gasteiger charge is 2.02.